The first kappa shape index (κ1) is 117. The van der Waals surface area contributed by atoms with Gasteiger partial charge in [-0.15, -0.1) is 0 Å². The summed E-state index contributed by atoms with van der Waals surface area (Å²) in [6, 6.07) is 0. The van der Waals surface area contributed by atoms with Gasteiger partial charge >= 0.3 is 124 Å². The number of carbonyl (C=O) groups is 6. The molecule has 0 aromatic heterocycles. The van der Waals surface area contributed by atoms with Crippen LogP contribution in [0.2, 0.25) is 0 Å². The number of hydrogen-bond acceptors (Lipinski definition) is 14. The molecular formula is C30H62N6Na4O14S2. The maximum atomic E-state index is 9.75. The van der Waals surface area contributed by atoms with E-state index in [1.165, 1.54) is 25.2 Å². The summed E-state index contributed by atoms with van der Waals surface area (Å²) in [5.74, 6) is -4.17. The topological polar surface area (TPSA) is 439 Å². The Kier molecular flexibility index (Phi) is 198. The van der Waals surface area contributed by atoms with E-state index in [0.29, 0.717) is 0 Å². The summed E-state index contributed by atoms with van der Waals surface area (Å²) >= 11 is -3.87. The molecule has 0 rings (SSSR count). The molecular weight excluding hydrogens is 824 g/mol. The Morgan fingerprint density at radius 3 is 0.821 bits per heavy atom. The van der Waals surface area contributed by atoms with Crippen LogP contribution in [0.25, 0.3) is 0 Å². The molecule has 0 aromatic carbocycles. The first-order valence-corrected chi connectivity index (χ1v) is 13.6. The van der Waals surface area contributed by atoms with Crippen LogP contribution in [0, 0.1) is 0 Å². The average molecular weight is 887 g/mol. The second kappa shape index (κ2) is 94.5. The Morgan fingerprint density at radius 2 is 0.821 bits per heavy atom. The van der Waals surface area contributed by atoms with Gasteiger partial charge in [0.1, 0.15) is 0 Å². The third-order valence-electron chi connectivity index (χ3n) is 2.50. The van der Waals surface area contributed by atoms with E-state index in [0.717, 1.165) is 16.9 Å². The van der Waals surface area contributed by atoms with E-state index in [1.807, 2.05) is 0 Å². The van der Waals surface area contributed by atoms with Crippen LogP contribution in [0.3, 0.4) is 0 Å². The fourth-order valence-corrected chi connectivity index (χ4v) is 0.446. The van der Waals surface area contributed by atoms with Crippen molar-refractivity contribution in [2.75, 3.05) is 0 Å². The molecule has 2 unspecified atom stereocenters. The van der Waals surface area contributed by atoms with Crippen molar-refractivity contribution in [2.45, 2.75) is 57.4 Å². The molecule has 16 N–H and O–H groups in total. The Balaban J connectivity index is -0.0000000180. The van der Waals surface area contributed by atoms with Gasteiger partial charge in [-0.05, 0) is 61.9 Å². The zero-order chi connectivity index (χ0) is 39.0. The normalized spacial score (nSPS) is 8.07. The minimum Gasteiger partial charge on any atom is -0.870 e. The van der Waals surface area contributed by atoms with Gasteiger partial charge in [0.2, 0.25) is 11.8 Å². The summed E-state index contributed by atoms with van der Waals surface area (Å²) in [5, 5.41) is 19.1. The summed E-state index contributed by atoms with van der Waals surface area (Å²) in [5.41, 5.74) is 28.1. The summed E-state index contributed by atoms with van der Waals surface area (Å²) < 4.78 is 35.6. The van der Waals surface area contributed by atoms with Crippen LogP contribution in [-0.4, -0.2) is 69.1 Å². The zero-order valence-electron chi connectivity index (χ0n) is 30.8. The number of carboxylic acids is 2. The molecule has 312 valence electrons. The van der Waals surface area contributed by atoms with Crippen LogP contribution in [0.4, 0.5) is 0 Å². The molecule has 20 nitrogen and oxygen atoms in total. The number of rotatable bonds is 8. The molecule has 56 heavy (non-hydrogen) atoms. The van der Waals surface area contributed by atoms with Crippen LogP contribution < -0.4 is 158 Å². The molecule has 0 bridgehead atoms. The van der Waals surface area contributed by atoms with Crippen molar-refractivity contribution in [1.29, 1.82) is 0 Å². The Hall–Kier alpha value is -1.52. The van der Waals surface area contributed by atoms with Crippen molar-refractivity contribution >= 4 is 57.7 Å². The number of primary amides is 4. The summed E-state index contributed by atoms with van der Waals surface area (Å²) in [6.45, 7) is 21.7. The summed E-state index contributed by atoms with van der Waals surface area (Å²) in [6.07, 6.45) is 8.14. The first-order valence-electron chi connectivity index (χ1n) is 11.3. The van der Waals surface area contributed by atoms with Crippen molar-refractivity contribution in [1.82, 2.24) is 0 Å². The van der Waals surface area contributed by atoms with Crippen LogP contribution in [0.1, 0.15) is 57.4 Å². The molecule has 26 heteroatoms. The maximum Gasteiger partial charge on any atom is 1.00 e. The predicted molar refractivity (Wildman–Crippen MR) is 206 cm³/mol. The minimum absolute atomic E-state index is 0. The van der Waals surface area contributed by atoms with Crippen molar-refractivity contribution < 1.29 is 186 Å². The van der Waals surface area contributed by atoms with Crippen molar-refractivity contribution in [3.63, 3.8) is 0 Å². The van der Waals surface area contributed by atoms with Crippen molar-refractivity contribution in [3.8, 4) is 0 Å². The quantitative estimate of drug-likeness (QED) is 0.0637. The monoisotopic (exact) mass is 886 g/mol. The zero-order valence-corrected chi connectivity index (χ0v) is 40.4. The van der Waals surface area contributed by atoms with Gasteiger partial charge in [0.25, 0.3) is 11.8 Å². The number of hydrogen-bond donors (Lipinski definition) is 8. The largest absolute Gasteiger partial charge is 1.00 e. The van der Waals surface area contributed by atoms with E-state index in [1.54, 1.807) is 32.9 Å². The van der Waals surface area contributed by atoms with Crippen molar-refractivity contribution in [2.24, 2.45) is 34.4 Å². The molecule has 2 atom stereocenters. The van der Waals surface area contributed by atoms with Gasteiger partial charge in [-0.25, -0.2) is 9.00 Å². The van der Waals surface area contributed by atoms with Gasteiger partial charge in [-0.2, -0.15) is 0 Å². The molecule has 4 amide bonds. The fraction of sp³-hybridized carbons (Fsp3) is 0.267. The molecule has 0 saturated carbocycles. The Labute approximate surface area is 427 Å². The number of carboxylic acid groups (broad SMARTS) is 2. The van der Waals surface area contributed by atoms with E-state index in [9.17, 15) is 46.8 Å². The predicted octanol–water partition coefficient (Wildman–Crippen LogP) is -11.5. The minimum atomic E-state index is -2.06. The molecule has 0 saturated heterocycles. The molecule has 0 heterocycles. The van der Waals surface area contributed by atoms with Gasteiger partial charge in [-0.3, -0.25) is 23.4 Å². The third kappa shape index (κ3) is 232. The van der Waals surface area contributed by atoms with E-state index in [2.05, 4.69) is 55.8 Å². The maximum absolute atomic E-state index is 9.75. The smallest absolute Gasteiger partial charge is 0.870 e. The third-order valence-corrected chi connectivity index (χ3v) is 3.06. The van der Waals surface area contributed by atoms with Crippen LogP contribution in [-0.2, 0) is 50.9 Å². The molecule has 0 aromatic rings. The van der Waals surface area contributed by atoms with Crippen LogP contribution in [0.15, 0.2) is 97.1 Å². The Morgan fingerprint density at radius 1 is 0.643 bits per heavy atom. The van der Waals surface area contributed by atoms with Crippen LogP contribution >= 0.6 is 0 Å². The average Bonchev–Trinajstić information content (AvgIpc) is 2.94. The molecule has 0 spiro atoms. The van der Waals surface area contributed by atoms with E-state index < -0.39 is 57.7 Å². The molecule has 0 fully saturated rings. The number of allylic oxidation sites excluding steroid dienone is 3. The Bertz CT molecular complexity index is 1050. The molecule has 0 aliphatic carbocycles. The standard InChI is InChI=1S/C5H8O2.2C4H7NO.2C3H6N2O.C3H4O2.2C2H4O2S.4CH4.4Na.2H2O/c1-3-4(2)5(6)7;2*1-2-3-4(5)6;2*1-2(4)3(5)6;1-2-3(4)5;2*1-2-5(3)4;;;;;;;;;;/h3H,1-2H3,(H,6,7);2*2-3H,1H3,(H2,5,6);2*1,4H2,(H2,5,6);2H,1H2,(H,4,5);2*2H,1H2,(H,3,4);4*1H4;;;;;2*1H2/q;;;;;;;;;;;;4*+1;;/p-4. The van der Waals surface area contributed by atoms with E-state index in [-0.39, 0.29) is 176 Å². The molecule has 0 radical (unpaired) electrons. The fourth-order valence-electron chi connectivity index (χ4n) is 0.446. The van der Waals surface area contributed by atoms with E-state index >= 15 is 0 Å². The van der Waals surface area contributed by atoms with Crippen LogP contribution in [0.5, 0.6) is 0 Å². The summed E-state index contributed by atoms with van der Waals surface area (Å²) in [7, 11) is 0. The van der Waals surface area contributed by atoms with Gasteiger partial charge in [0.05, 0.1) is 17.4 Å². The number of aliphatic carboxylic acids is 2. The number of nitrogens with two attached hydrogens (primary N) is 6. The van der Waals surface area contributed by atoms with Crippen molar-refractivity contribution in [3.05, 3.63) is 97.1 Å². The SMILES string of the molecule is C.C.C.C.C=C(N)C(N)=O.C=C(N)C(N)=O.C=CC(=O)O.C=CS(=O)O.C=CS(=O)[O-].CC=C(C)C(=O)[O-].CC=CC(N)=O.CC=CC(N)=O.[Na+].[Na+].[Na+].[Na+].[OH-].[OH-]. The second-order valence-electron chi connectivity index (χ2n) is 6.26. The second-order valence-corrected chi connectivity index (χ2v) is 8.00. The van der Waals surface area contributed by atoms with Gasteiger partial charge in [-0.1, -0.05) is 80.8 Å². The van der Waals surface area contributed by atoms with Gasteiger partial charge < -0.3 is 69.5 Å². The van der Waals surface area contributed by atoms with Gasteiger partial charge in [0.15, 0.2) is 11.1 Å². The first-order chi connectivity index (χ1) is 20.8. The summed E-state index contributed by atoms with van der Waals surface area (Å²) in [4.78, 5) is 57.9. The molecule has 0 aliphatic rings. The number of amides is 4. The van der Waals surface area contributed by atoms with E-state index in [4.69, 9.17) is 21.1 Å². The van der Waals surface area contributed by atoms with Gasteiger partial charge in [0, 0.05) is 11.5 Å². The molecule has 0 aliphatic heterocycles. The number of carbonyl (C=O) groups excluding carboxylic acids is 5.